The molecule has 0 aliphatic rings. The molecule has 0 saturated carbocycles. The minimum absolute atomic E-state index is 0.0114. The summed E-state index contributed by atoms with van der Waals surface area (Å²) in [5.41, 5.74) is 1.76. The first-order valence-electron chi connectivity index (χ1n) is 5.66. The van der Waals surface area contributed by atoms with E-state index in [1.807, 2.05) is 24.3 Å². The van der Waals surface area contributed by atoms with Gasteiger partial charge in [0.1, 0.15) is 0 Å². The van der Waals surface area contributed by atoms with Crippen LogP contribution >= 0.6 is 15.9 Å². The van der Waals surface area contributed by atoms with E-state index in [9.17, 15) is 10.1 Å². The van der Waals surface area contributed by atoms with Crippen molar-refractivity contribution in [3.05, 3.63) is 62.2 Å². The maximum Gasteiger partial charge on any atom is 0.311 e. The van der Waals surface area contributed by atoms with Gasteiger partial charge in [-0.15, -0.1) is 0 Å². The molecule has 0 bridgehead atoms. The topological polar surface area (TPSA) is 68.1 Å². The molecule has 6 heteroatoms. The fourth-order valence-electron chi connectivity index (χ4n) is 1.61. The molecular formula is C13H12BrN3O2. The van der Waals surface area contributed by atoms with E-state index in [2.05, 4.69) is 26.2 Å². The van der Waals surface area contributed by atoms with Crippen LogP contribution in [0, 0.1) is 17.0 Å². The van der Waals surface area contributed by atoms with Crippen molar-refractivity contribution in [2.45, 2.75) is 13.5 Å². The van der Waals surface area contributed by atoms with Crippen molar-refractivity contribution in [1.82, 2.24) is 4.98 Å². The summed E-state index contributed by atoms with van der Waals surface area (Å²) in [6, 6.07) is 10.8. The van der Waals surface area contributed by atoms with Crippen molar-refractivity contribution in [2.24, 2.45) is 0 Å². The predicted molar refractivity (Wildman–Crippen MR) is 77.1 cm³/mol. The van der Waals surface area contributed by atoms with Crippen LogP contribution in [0.2, 0.25) is 0 Å². The van der Waals surface area contributed by atoms with Crippen LogP contribution < -0.4 is 5.32 Å². The van der Waals surface area contributed by atoms with Crippen LogP contribution in [0.25, 0.3) is 0 Å². The molecule has 5 nitrogen and oxygen atoms in total. The largest absolute Gasteiger partial charge is 0.360 e. The first kappa shape index (κ1) is 13.5. The monoisotopic (exact) mass is 321 g/mol. The Hall–Kier alpha value is -1.95. The molecular weight excluding hydrogens is 310 g/mol. The number of hydrogen-bond acceptors (Lipinski definition) is 4. The molecule has 0 atom stereocenters. The van der Waals surface area contributed by atoms with Crippen LogP contribution in [-0.2, 0) is 6.54 Å². The molecule has 1 heterocycles. The molecule has 1 aromatic carbocycles. The van der Waals surface area contributed by atoms with Gasteiger partial charge in [-0.25, -0.2) is 4.98 Å². The Kier molecular flexibility index (Phi) is 4.11. The maximum absolute atomic E-state index is 10.9. The number of nitrogens with zero attached hydrogens (tertiary/aromatic N) is 2. The zero-order valence-corrected chi connectivity index (χ0v) is 11.8. The average Bonchev–Trinajstić information content (AvgIpc) is 2.38. The summed E-state index contributed by atoms with van der Waals surface area (Å²) in [6.45, 7) is 2.29. The van der Waals surface area contributed by atoms with Gasteiger partial charge in [0.15, 0.2) is 0 Å². The number of halogens is 1. The molecule has 2 aromatic rings. The van der Waals surface area contributed by atoms with Crippen molar-refractivity contribution in [3.63, 3.8) is 0 Å². The average molecular weight is 322 g/mol. The summed E-state index contributed by atoms with van der Waals surface area (Å²) in [5, 5.41) is 13.9. The lowest BCUT2D eigenvalue weighted by Gasteiger charge is -2.07. The normalized spacial score (nSPS) is 10.2. The minimum Gasteiger partial charge on any atom is -0.360 e. The molecule has 0 aliphatic heterocycles. The molecule has 0 radical (unpaired) electrons. The quantitative estimate of drug-likeness (QED) is 0.689. The third kappa shape index (κ3) is 3.51. The van der Waals surface area contributed by atoms with Gasteiger partial charge >= 0.3 is 5.69 Å². The molecule has 1 N–H and O–H groups in total. The number of nitrogens with one attached hydrogen (secondary N) is 1. The van der Waals surface area contributed by atoms with E-state index in [1.165, 1.54) is 6.07 Å². The van der Waals surface area contributed by atoms with Gasteiger partial charge in [0.25, 0.3) is 0 Å². The van der Waals surface area contributed by atoms with Crippen LogP contribution in [0.3, 0.4) is 0 Å². The van der Waals surface area contributed by atoms with Gasteiger partial charge in [-0.1, -0.05) is 28.1 Å². The van der Waals surface area contributed by atoms with Crippen molar-refractivity contribution >= 4 is 27.4 Å². The number of nitro groups is 1. The van der Waals surface area contributed by atoms with Gasteiger partial charge < -0.3 is 5.32 Å². The number of rotatable bonds is 4. The standard InChI is InChI=1S/C13H12BrN3O2/c1-9-2-7-12(17(18)19)13(16-9)15-8-10-3-5-11(14)6-4-10/h2-7H,8H2,1H3,(H,15,16). The molecule has 0 saturated heterocycles. The van der Waals surface area contributed by atoms with Crippen LogP contribution in [0.15, 0.2) is 40.9 Å². The summed E-state index contributed by atoms with van der Waals surface area (Å²) in [4.78, 5) is 14.6. The first-order valence-corrected chi connectivity index (χ1v) is 6.46. The first-order chi connectivity index (χ1) is 9.06. The number of anilines is 1. The molecule has 0 amide bonds. The molecule has 0 spiro atoms. The van der Waals surface area contributed by atoms with Crippen molar-refractivity contribution in [2.75, 3.05) is 5.32 Å². The summed E-state index contributed by atoms with van der Waals surface area (Å²) in [5.74, 6) is 0.299. The summed E-state index contributed by atoms with van der Waals surface area (Å²) in [6.07, 6.45) is 0. The number of hydrogen-bond donors (Lipinski definition) is 1. The smallest absolute Gasteiger partial charge is 0.311 e. The molecule has 1 aromatic heterocycles. The van der Waals surface area contributed by atoms with E-state index in [0.717, 1.165) is 15.7 Å². The number of pyridine rings is 1. The van der Waals surface area contributed by atoms with Crippen LogP contribution in [0.5, 0.6) is 0 Å². The molecule has 0 aliphatic carbocycles. The van der Waals surface area contributed by atoms with Gasteiger partial charge in [-0.3, -0.25) is 10.1 Å². The molecule has 19 heavy (non-hydrogen) atoms. The Balaban J connectivity index is 2.16. The van der Waals surface area contributed by atoms with Gasteiger partial charge in [0, 0.05) is 22.8 Å². The summed E-state index contributed by atoms with van der Waals surface area (Å²) < 4.78 is 0.996. The van der Waals surface area contributed by atoms with Crippen LogP contribution in [0.1, 0.15) is 11.3 Å². The molecule has 2 rings (SSSR count). The third-order valence-corrected chi connectivity index (χ3v) is 3.11. The Labute approximate surface area is 119 Å². The van der Waals surface area contributed by atoms with Gasteiger partial charge in [-0.05, 0) is 30.7 Å². The minimum atomic E-state index is -0.434. The second-order valence-electron chi connectivity index (χ2n) is 4.06. The predicted octanol–water partition coefficient (Wildman–Crippen LogP) is 3.67. The zero-order chi connectivity index (χ0) is 13.8. The highest BCUT2D eigenvalue weighted by molar-refractivity contribution is 9.10. The van der Waals surface area contributed by atoms with E-state index < -0.39 is 4.92 Å². The second kappa shape index (κ2) is 5.79. The van der Waals surface area contributed by atoms with Crippen molar-refractivity contribution < 1.29 is 4.92 Å². The number of aryl methyl sites for hydroxylation is 1. The lowest BCUT2D eigenvalue weighted by molar-refractivity contribution is -0.384. The highest BCUT2D eigenvalue weighted by Crippen LogP contribution is 2.22. The van der Waals surface area contributed by atoms with Crippen LogP contribution in [-0.4, -0.2) is 9.91 Å². The van der Waals surface area contributed by atoms with Crippen molar-refractivity contribution in [1.29, 1.82) is 0 Å². The van der Waals surface area contributed by atoms with E-state index in [4.69, 9.17) is 0 Å². The van der Waals surface area contributed by atoms with Crippen molar-refractivity contribution in [3.8, 4) is 0 Å². The molecule has 0 fully saturated rings. The Morgan fingerprint density at radius 1 is 1.26 bits per heavy atom. The summed E-state index contributed by atoms with van der Waals surface area (Å²) >= 11 is 3.36. The van der Waals surface area contributed by atoms with E-state index >= 15 is 0 Å². The number of aromatic nitrogens is 1. The maximum atomic E-state index is 10.9. The number of benzene rings is 1. The highest BCUT2D eigenvalue weighted by atomic mass is 79.9. The van der Waals surface area contributed by atoms with Gasteiger partial charge in [-0.2, -0.15) is 0 Å². The fraction of sp³-hybridized carbons (Fsp3) is 0.154. The van der Waals surface area contributed by atoms with Gasteiger partial charge in [0.2, 0.25) is 5.82 Å². The Morgan fingerprint density at radius 3 is 2.58 bits per heavy atom. The Morgan fingerprint density at radius 2 is 1.95 bits per heavy atom. The molecule has 0 unspecified atom stereocenters. The molecule has 98 valence electrons. The Bertz CT molecular complexity index is 599. The lowest BCUT2D eigenvalue weighted by Crippen LogP contribution is -2.05. The SMILES string of the molecule is Cc1ccc([N+](=O)[O-])c(NCc2ccc(Br)cc2)n1. The third-order valence-electron chi connectivity index (χ3n) is 2.58. The lowest BCUT2D eigenvalue weighted by atomic mass is 10.2. The highest BCUT2D eigenvalue weighted by Gasteiger charge is 2.14. The zero-order valence-electron chi connectivity index (χ0n) is 10.3. The van der Waals surface area contributed by atoms with E-state index in [1.54, 1.807) is 13.0 Å². The van der Waals surface area contributed by atoms with Gasteiger partial charge in [0.05, 0.1) is 4.92 Å². The van der Waals surface area contributed by atoms with E-state index in [-0.39, 0.29) is 5.69 Å². The summed E-state index contributed by atoms with van der Waals surface area (Å²) in [7, 11) is 0. The van der Waals surface area contributed by atoms with E-state index in [0.29, 0.717) is 12.4 Å². The van der Waals surface area contributed by atoms with Crippen LogP contribution in [0.4, 0.5) is 11.5 Å². The second-order valence-corrected chi connectivity index (χ2v) is 4.97. The fourth-order valence-corrected chi connectivity index (χ4v) is 1.88.